The summed E-state index contributed by atoms with van der Waals surface area (Å²) >= 11 is 0. The van der Waals surface area contributed by atoms with Crippen LogP contribution in [0.4, 0.5) is 8.78 Å². The number of sulfonamides is 1. The first-order valence-electron chi connectivity index (χ1n) is 19.1. The van der Waals surface area contributed by atoms with E-state index in [4.69, 9.17) is 19.2 Å². The molecule has 0 saturated carbocycles. The van der Waals surface area contributed by atoms with Gasteiger partial charge in [-0.3, -0.25) is 19.1 Å². The van der Waals surface area contributed by atoms with Crippen LogP contribution in [0.3, 0.4) is 0 Å². The van der Waals surface area contributed by atoms with E-state index >= 15 is 0 Å². The minimum atomic E-state index is -4.20. The molecule has 3 aliphatic heterocycles. The number of alkyl halides is 2. The molecule has 0 aromatic carbocycles. The summed E-state index contributed by atoms with van der Waals surface area (Å²) in [5.41, 5.74) is 1.03. The average molecular weight is 798 g/mol. The van der Waals surface area contributed by atoms with Crippen molar-refractivity contribution >= 4 is 21.6 Å². The van der Waals surface area contributed by atoms with Crippen LogP contribution < -0.4 is 9.47 Å². The Bertz CT molecular complexity index is 2220. The molecule has 1 spiro atoms. The molecule has 0 bridgehead atoms. The van der Waals surface area contributed by atoms with Crippen LogP contribution in [-0.4, -0.2) is 105 Å². The number of rotatable bonds is 11. The molecule has 17 heteroatoms. The van der Waals surface area contributed by atoms with Gasteiger partial charge in [-0.15, -0.1) is 10.2 Å². The molecule has 0 unspecified atom stereocenters. The van der Waals surface area contributed by atoms with E-state index in [1.165, 1.54) is 21.3 Å². The molecule has 0 aliphatic carbocycles. The van der Waals surface area contributed by atoms with E-state index in [-0.39, 0.29) is 29.5 Å². The van der Waals surface area contributed by atoms with Gasteiger partial charge in [0.05, 0.1) is 25.2 Å². The molecule has 3 aliphatic rings. The Morgan fingerprint density at radius 2 is 1.80 bits per heavy atom. The topological polar surface area (TPSA) is 162 Å². The van der Waals surface area contributed by atoms with Crippen molar-refractivity contribution in [2.45, 2.75) is 96.1 Å². The highest BCUT2D eigenvalue weighted by atomic mass is 32.2. The first kappa shape index (κ1) is 39.9. The number of aliphatic carboxylic acids is 1. The summed E-state index contributed by atoms with van der Waals surface area (Å²) in [5, 5.41) is 18.2. The van der Waals surface area contributed by atoms with E-state index in [1.54, 1.807) is 52.1 Å². The summed E-state index contributed by atoms with van der Waals surface area (Å²) in [4.78, 5) is 24.5. The van der Waals surface area contributed by atoms with Crippen molar-refractivity contribution in [3.8, 4) is 11.8 Å². The molecule has 2 fully saturated rings. The monoisotopic (exact) mass is 797 g/mol. The third kappa shape index (κ3) is 7.57. The minimum absolute atomic E-state index is 0.00210. The Morgan fingerprint density at radius 3 is 2.50 bits per heavy atom. The highest BCUT2D eigenvalue weighted by molar-refractivity contribution is 7.89. The molecule has 14 nitrogen and oxygen atoms in total. The number of carbonyl (C=O) groups is 1. The number of carboxylic acid groups (broad SMARTS) is 1. The van der Waals surface area contributed by atoms with Gasteiger partial charge in [-0.2, -0.15) is 9.29 Å². The maximum atomic E-state index is 14.7. The van der Waals surface area contributed by atoms with Crippen molar-refractivity contribution in [3.63, 3.8) is 0 Å². The van der Waals surface area contributed by atoms with Crippen LogP contribution >= 0.6 is 0 Å². The van der Waals surface area contributed by atoms with Crippen molar-refractivity contribution in [1.29, 1.82) is 0 Å². The number of aryl methyl sites for hydroxylation is 3. The molecule has 2 saturated heterocycles. The van der Waals surface area contributed by atoms with Crippen LogP contribution in [0.1, 0.15) is 97.6 Å². The third-order valence-corrected chi connectivity index (χ3v) is 13.3. The minimum Gasteiger partial charge on any atom is -0.481 e. The van der Waals surface area contributed by atoms with Gasteiger partial charge in [0.15, 0.2) is 5.65 Å². The lowest BCUT2D eigenvalue weighted by Gasteiger charge is -2.38. The quantitative estimate of drug-likeness (QED) is 0.200. The second kappa shape index (κ2) is 15.6. The standard InChI is InChI=1S/C39H49F2N7O7S/c1-24-19-30-36(43-35(24)54-18-15-46-12-7-6-8-13-46)55-39(10-16-53-17-11-39)23-47(56(30,51)52)22-27-20-29(42-21-25(27)2)31(38(4,5)37(49)50)28-9-14-48-33(26(28)3)44-45-34(48)32(40)41/h9,14,19-21,31-32H,6-8,10-13,15-18,22-23H2,1-5H3,(H,49,50)/t31-/m1/s1. The van der Waals surface area contributed by atoms with Crippen molar-refractivity contribution < 1.29 is 41.3 Å². The average Bonchev–Trinajstić information content (AvgIpc) is 3.58. The first-order valence-corrected chi connectivity index (χ1v) is 20.5. The van der Waals surface area contributed by atoms with Crippen LogP contribution in [0.2, 0.25) is 0 Å². The number of likely N-dealkylation sites (tertiary alicyclic amines) is 1. The second-order valence-electron chi connectivity index (χ2n) is 15.8. The number of piperidine rings is 1. The maximum absolute atomic E-state index is 14.7. The van der Waals surface area contributed by atoms with Crippen molar-refractivity contribution in [1.82, 2.24) is 33.8 Å². The van der Waals surface area contributed by atoms with Gasteiger partial charge in [0, 0.05) is 55.5 Å². The first-order chi connectivity index (χ1) is 26.6. The Labute approximate surface area is 325 Å². The smallest absolute Gasteiger partial charge is 0.310 e. The Hall–Kier alpha value is -4.32. The Morgan fingerprint density at radius 1 is 1.07 bits per heavy atom. The van der Waals surface area contributed by atoms with Crippen molar-refractivity contribution in [3.05, 3.63) is 69.9 Å². The number of aromatic nitrogens is 5. The van der Waals surface area contributed by atoms with E-state index < -0.39 is 45.2 Å². The van der Waals surface area contributed by atoms with Crippen LogP contribution in [0.5, 0.6) is 11.8 Å². The molecule has 7 rings (SSSR count). The fourth-order valence-electron chi connectivity index (χ4n) is 8.06. The van der Waals surface area contributed by atoms with Crippen LogP contribution in [0, 0.1) is 26.2 Å². The zero-order valence-electron chi connectivity index (χ0n) is 32.4. The van der Waals surface area contributed by atoms with Gasteiger partial charge < -0.3 is 19.3 Å². The number of ether oxygens (including phenoxy) is 3. The molecule has 0 radical (unpaired) electrons. The Balaban J connectivity index is 1.26. The molecule has 302 valence electrons. The van der Waals surface area contributed by atoms with Crippen LogP contribution in [-0.2, 0) is 26.1 Å². The van der Waals surface area contributed by atoms with E-state index in [0.717, 1.165) is 32.5 Å². The van der Waals surface area contributed by atoms with Gasteiger partial charge in [-0.05, 0) is 101 Å². The Kier molecular flexibility index (Phi) is 11.1. The van der Waals surface area contributed by atoms with Gasteiger partial charge in [0.2, 0.25) is 27.6 Å². The lowest BCUT2D eigenvalue weighted by atomic mass is 9.71. The summed E-state index contributed by atoms with van der Waals surface area (Å²) in [7, 11) is -4.20. The van der Waals surface area contributed by atoms with E-state index in [2.05, 4.69) is 20.1 Å². The van der Waals surface area contributed by atoms with Gasteiger partial charge in [-0.25, -0.2) is 17.2 Å². The summed E-state index contributed by atoms with van der Waals surface area (Å²) < 4.78 is 77.9. The molecule has 7 heterocycles. The van der Waals surface area contributed by atoms with Gasteiger partial charge in [-0.1, -0.05) is 6.42 Å². The summed E-state index contributed by atoms with van der Waals surface area (Å²) in [6, 6.07) is 4.90. The van der Waals surface area contributed by atoms with Crippen molar-refractivity contribution in [2.24, 2.45) is 5.41 Å². The number of pyridine rings is 3. The van der Waals surface area contributed by atoms with Gasteiger partial charge in [0.25, 0.3) is 6.43 Å². The number of fused-ring (bicyclic) bond motifs is 2. The highest BCUT2D eigenvalue weighted by Gasteiger charge is 2.47. The lowest BCUT2D eigenvalue weighted by Crippen LogP contribution is -2.50. The summed E-state index contributed by atoms with van der Waals surface area (Å²) in [6.45, 7) is 12.4. The van der Waals surface area contributed by atoms with E-state index in [1.807, 2.05) is 6.92 Å². The highest BCUT2D eigenvalue weighted by Crippen LogP contribution is 2.44. The largest absolute Gasteiger partial charge is 0.481 e. The molecule has 4 aromatic rings. The number of carboxylic acids is 1. The fourth-order valence-corrected chi connectivity index (χ4v) is 9.69. The zero-order valence-corrected chi connectivity index (χ0v) is 33.2. The summed E-state index contributed by atoms with van der Waals surface area (Å²) in [6.07, 6.45) is 4.59. The van der Waals surface area contributed by atoms with Gasteiger partial charge in [0.1, 0.15) is 17.1 Å². The predicted molar refractivity (Wildman–Crippen MR) is 201 cm³/mol. The molecule has 56 heavy (non-hydrogen) atoms. The lowest BCUT2D eigenvalue weighted by molar-refractivity contribution is -0.147. The number of hydrogen-bond acceptors (Lipinski definition) is 11. The summed E-state index contributed by atoms with van der Waals surface area (Å²) in [5.74, 6) is -2.18. The number of nitrogens with zero attached hydrogens (tertiary/aromatic N) is 7. The normalized spacial score (nSPS) is 19.4. The number of halogens is 2. The molecule has 1 N–H and O–H groups in total. The number of hydrogen-bond donors (Lipinski definition) is 1. The van der Waals surface area contributed by atoms with Crippen LogP contribution in [0.25, 0.3) is 5.65 Å². The van der Waals surface area contributed by atoms with Gasteiger partial charge >= 0.3 is 5.97 Å². The maximum Gasteiger partial charge on any atom is 0.310 e. The molecule has 0 amide bonds. The predicted octanol–water partition coefficient (Wildman–Crippen LogP) is 5.62. The molecular weight excluding hydrogens is 749 g/mol. The fraction of sp³-hybridized carbons (Fsp3) is 0.564. The van der Waals surface area contributed by atoms with Crippen molar-refractivity contribution in [2.75, 3.05) is 46.0 Å². The third-order valence-electron chi connectivity index (χ3n) is 11.5. The molecular formula is C39H49F2N7O7S. The van der Waals surface area contributed by atoms with Crippen LogP contribution in [0.15, 0.2) is 35.5 Å². The molecule has 1 atom stereocenters. The SMILES string of the molecule is Cc1cnc([C@@H](c2ccn3c(C(F)F)nnc3c2C)C(C)(C)C(=O)O)cc1CN1CC2(CCOCC2)Oc2nc(OCCN3CCCCC3)c(C)cc2S1(=O)=O. The second-order valence-corrected chi connectivity index (χ2v) is 17.7. The van der Waals surface area contributed by atoms with E-state index in [9.17, 15) is 27.1 Å². The van der Waals surface area contributed by atoms with E-state index in [0.29, 0.717) is 72.1 Å². The zero-order chi connectivity index (χ0) is 40.0. The molecule has 4 aromatic heterocycles.